The van der Waals surface area contributed by atoms with E-state index in [4.69, 9.17) is 23.7 Å². The molecule has 9 heteroatoms. The fourth-order valence-electron chi connectivity index (χ4n) is 3.39. The Morgan fingerprint density at radius 1 is 1.00 bits per heavy atom. The van der Waals surface area contributed by atoms with E-state index in [1.54, 1.807) is 23.2 Å². The monoisotopic (exact) mass is 431 g/mol. The first-order valence-electron chi connectivity index (χ1n) is 10.5. The van der Waals surface area contributed by atoms with Crippen LogP contribution in [0.3, 0.4) is 0 Å². The number of aromatic nitrogens is 2. The molecule has 1 saturated heterocycles. The molecule has 0 N–H and O–H groups in total. The molecule has 1 amide bonds. The zero-order chi connectivity index (χ0) is 22.2. The van der Waals surface area contributed by atoms with E-state index in [9.17, 15) is 4.79 Å². The molecule has 168 valence electrons. The van der Waals surface area contributed by atoms with E-state index < -0.39 is 0 Å². The molecule has 0 saturated carbocycles. The van der Waals surface area contributed by atoms with Gasteiger partial charge in [0.15, 0.2) is 11.5 Å². The van der Waals surface area contributed by atoms with Crippen LogP contribution in [-0.4, -0.2) is 66.9 Å². The Kier molecular flexibility index (Phi) is 7.75. The Morgan fingerprint density at radius 2 is 1.61 bits per heavy atom. The molecule has 2 aromatic rings. The van der Waals surface area contributed by atoms with Gasteiger partial charge in [-0.3, -0.25) is 4.79 Å². The van der Waals surface area contributed by atoms with E-state index in [1.165, 1.54) is 13.3 Å². The summed E-state index contributed by atoms with van der Waals surface area (Å²) in [7, 11) is 1.51. The maximum absolute atomic E-state index is 13.2. The number of benzene rings is 1. The number of amides is 1. The third-order valence-corrected chi connectivity index (χ3v) is 4.69. The fraction of sp³-hybridized carbons (Fsp3) is 0.500. The quantitative estimate of drug-likeness (QED) is 0.567. The van der Waals surface area contributed by atoms with Crippen LogP contribution in [0.2, 0.25) is 0 Å². The lowest BCUT2D eigenvalue weighted by molar-refractivity contribution is 0.0769. The molecule has 2 heterocycles. The van der Waals surface area contributed by atoms with Gasteiger partial charge in [-0.2, -0.15) is 0 Å². The first kappa shape index (κ1) is 22.5. The summed E-state index contributed by atoms with van der Waals surface area (Å²) in [6, 6.07) is 3.42. The van der Waals surface area contributed by atoms with Crippen molar-refractivity contribution in [3.05, 3.63) is 30.1 Å². The molecule has 1 aromatic heterocycles. The van der Waals surface area contributed by atoms with Crippen molar-refractivity contribution in [2.45, 2.75) is 33.3 Å². The van der Waals surface area contributed by atoms with Gasteiger partial charge >= 0.3 is 0 Å². The van der Waals surface area contributed by atoms with E-state index in [0.717, 1.165) is 0 Å². The number of methoxy groups -OCH3 is 1. The van der Waals surface area contributed by atoms with Crippen molar-refractivity contribution in [1.82, 2.24) is 14.9 Å². The summed E-state index contributed by atoms with van der Waals surface area (Å²) in [5, 5.41) is 0. The third kappa shape index (κ3) is 5.28. The van der Waals surface area contributed by atoms with Crippen LogP contribution < -0.4 is 23.7 Å². The number of carbonyl (C=O) groups excluding carboxylic acids is 1. The van der Waals surface area contributed by atoms with Crippen molar-refractivity contribution in [3.8, 4) is 29.0 Å². The summed E-state index contributed by atoms with van der Waals surface area (Å²) in [4.78, 5) is 23.2. The van der Waals surface area contributed by atoms with Crippen molar-refractivity contribution >= 4 is 5.91 Å². The molecule has 1 fully saturated rings. The molecule has 9 nitrogen and oxygen atoms in total. The van der Waals surface area contributed by atoms with Gasteiger partial charge in [-0.1, -0.05) is 0 Å². The molecule has 31 heavy (non-hydrogen) atoms. The van der Waals surface area contributed by atoms with Gasteiger partial charge in [-0.15, -0.1) is 0 Å². The molecule has 0 bridgehead atoms. The normalized spacial score (nSPS) is 15.5. The predicted octanol–water partition coefficient (Wildman–Crippen LogP) is 2.97. The van der Waals surface area contributed by atoms with Gasteiger partial charge < -0.3 is 28.6 Å². The van der Waals surface area contributed by atoms with Crippen molar-refractivity contribution in [3.63, 3.8) is 0 Å². The second-order valence-corrected chi connectivity index (χ2v) is 6.75. The number of hydrogen-bond acceptors (Lipinski definition) is 8. The second kappa shape index (κ2) is 10.7. The van der Waals surface area contributed by atoms with Crippen LogP contribution in [0, 0.1) is 0 Å². The summed E-state index contributed by atoms with van der Waals surface area (Å²) in [5.41, 5.74) is 0.480. The summed E-state index contributed by atoms with van der Waals surface area (Å²) in [6.45, 7) is 8.01. The lowest BCUT2D eigenvalue weighted by Crippen LogP contribution is -2.31. The van der Waals surface area contributed by atoms with E-state index in [2.05, 4.69) is 9.97 Å². The van der Waals surface area contributed by atoms with Crippen LogP contribution in [0.25, 0.3) is 0 Å². The molecule has 0 aliphatic carbocycles. The lowest BCUT2D eigenvalue weighted by atomic mass is 10.1. The molecular weight excluding hydrogens is 402 g/mol. The maximum atomic E-state index is 13.2. The van der Waals surface area contributed by atoms with Crippen molar-refractivity contribution in [2.24, 2.45) is 0 Å². The maximum Gasteiger partial charge on any atom is 0.278 e. The molecule has 0 radical (unpaired) electrons. The Balaban J connectivity index is 1.77. The molecule has 3 rings (SSSR count). The highest BCUT2D eigenvalue weighted by Gasteiger charge is 2.30. The van der Waals surface area contributed by atoms with Gasteiger partial charge in [0.05, 0.1) is 33.5 Å². The predicted molar refractivity (Wildman–Crippen MR) is 113 cm³/mol. The minimum absolute atomic E-state index is 0.123. The highest BCUT2D eigenvalue weighted by atomic mass is 16.5. The summed E-state index contributed by atoms with van der Waals surface area (Å²) in [6.07, 6.45) is 3.56. The standard InChI is InChI=1S/C22H29N3O6/c1-5-28-17-12-15(13-18(29-6-2)19(17)30-7-3)22(26)25-11-8-16(14-25)31-21-20(27-4)23-9-10-24-21/h9-10,12-13,16H,5-8,11,14H2,1-4H3. The highest BCUT2D eigenvalue weighted by molar-refractivity contribution is 5.96. The van der Waals surface area contributed by atoms with Crippen LogP contribution in [0.4, 0.5) is 0 Å². The number of carbonyl (C=O) groups is 1. The van der Waals surface area contributed by atoms with Crippen LogP contribution in [0.1, 0.15) is 37.6 Å². The summed E-state index contributed by atoms with van der Waals surface area (Å²) in [5.74, 6) is 2.02. The minimum atomic E-state index is -0.199. The fourth-order valence-corrected chi connectivity index (χ4v) is 3.39. The first-order valence-corrected chi connectivity index (χ1v) is 10.5. The molecule has 1 unspecified atom stereocenters. The van der Waals surface area contributed by atoms with Gasteiger partial charge in [0.2, 0.25) is 5.75 Å². The third-order valence-electron chi connectivity index (χ3n) is 4.69. The second-order valence-electron chi connectivity index (χ2n) is 6.75. The van der Waals surface area contributed by atoms with Gasteiger partial charge in [0.1, 0.15) is 6.10 Å². The zero-order valence-electron chi connectivity index (χ0n) is 18.4. The van der Waals surface area contributed by atoms with Crippen LogP contribution in [-0.2, 0) is 0 Å². The highest BCUT2D eigenvalue weighted by Crippen LogP contribution is 2.39. The molecule has 1 aliphatic rings. The van der Waals surface area contributed by atoms with Crippen molar-refractivity contribution in [1.29, 1.82) is 0 Å². The van der Waals surface area contributed by atoms with Crippen LogP contribution >= 0.6 is 0 Å². The SMILES string of the molecule is CCOc1cc(C(=O)N2CCC(Oc3nccnc3OC)C2)cc(OCC)c1OCC. The number of hydrogen-bond donors (Lipinski definition) is 0. The molecule has 1 aromatic carbocycles. The molecule has 1 atom stereocenters. The van der Waals surface area contributed by atoms with E-state index in [-0.39, 0.29) is 12.0 Å². The van der Waals surface area contributed by atoms with Gasteiger partial charge in [-0.25, -0.2) is 9.97 Å². The summed E-state index contributed by atoms with van der Waals surface area (Å²) < 4.78 is 28.3. The average Bonchev–Trinajstić information content (AvgIpc) is 3.24. The topological polar surface area (TPSA) is 92.2 Å². The van der Waals surface area contributed by atoms with Crippen molar-refractivity contribution in [2.75, 3.05) is 40.0 Å². The average molecular weight is 431 g/mol. The van der Waals surface area contributed by atoms with Gasteiger partial charge in [0.25, 0.3) is 17.7 Å². The molecule has 1 aliphatic heterocycles. The van der Waals surface area contributed by atoms with Gasteiger partial charge in [0, 0.05) is 30.9 Å². The molecular formula is C22H29N3O6. The van der Waals surface area contributed by atoms with Gasteiger partial charge in [-0.05, 0) is 32.9 Å². The first-order chi connectivity index (χ1) is 15.1. The number of likely N-dealkylation sites (tertiary alicyclic amines) is 1. The summed E-state index contributed by atoms with van der Waals surface area (Å²) >= 11 is 0. The Morgan fingerprint density at radius 3 is 2.19 bits per heavy atom. The number of ether oxygens (including phenoxy) is 5. The van der Waals surface area contributed by atoms with Crippen LogP contribution in [0.15, 0.2) is 24.5 Å². The van der Waals surface area contributed by atoms with E-state index in [0.29, 0.717) is 73.9 Å². The Bertz CT molecular complexity index is 864. The number of nitrogens with zero attached hydrogens (tertiary/aromatic N) is 3. The Labute approximate surface area is 182 Å². The largest absolute Gasteiger partial charge is 0.490 e. The van der Waals surface area contributed by atoms with Crippen LogP contribution in [0.5, 0.6) is 29.0 Å². The lowest BCUT2D eigenvalue weighted by Gasteiger charge is -2.20. The van der Waals surface area contributed by atoms with E-state index >= 15 is 0 Å². The Hall–Kier alpha value is -3.23. The smallest absolute Gasteiger partial charge is 0.278 e. The minimum Gasteiger partial charge on any atom is -0.490 e. The molecule has 0 spiro atoms. The van der Waals surface area contributed by atoms with E-state index in [1.807, 2.05) is 20.8 Å². The number of rotatable bonds is 10. The van der Waals surface area contributed by atoms with Crippen molar-refractivity contribution < 1.29 is 28.5 Å². The zero-order valence-corrected chi connectivity index (χ0v) is 18.4.